The van der Waals surface area contributed by atoms with E-state index in [2.05, 4.69) is 41.3 Å². The van der Waals surface area contributed by atoms with Crippen LogP contribution in [0, 0.1) is 5.92 Å². The summed E-state index contributed by atoms with van der Waals surface area (Å²) in [6.45, 7) is 3.18. The molecule has 3 nitrogen and oxygen atoms in total. The van der Waals surface area contributed by atoms with Gasteiger partial charge >= 0.3 is 0 Å². The summed E-state index contributed by atoms with van der Waals surface area (Å²) in [4.78, 5) is 14.7. The Morgan fingerprint density at radius 2 is 1.71 bits per heavy atom. The van der Waals surface area contributed by atoms with E-state index >= 15 is 0 Å². The molecule has 0 bridgehead atoms. The van der Waals surface area contributed by atoms with E-state index in [0.717, 1.165) is 32.5 Å². The minimum Gasteiger partial charge on any atom is -0.399 e. The summed E-state index contributed by atoms with van der Waals surface area (Å²) in [7, 11) is 0. The first-order valence-electron chi connectivity index (χ1n) is 8.55. The number of nitrogens with zero attached hydrogens (tertiary/aromatic N) is 1. The zero-order chi connectivity index (χ0) is 16.8. The molecule has 1 aliphatic heterocycles. The van der Waals surface area contributed by atoms with Gasteiger partial charge in [0.15, 0.2) is 5.78 Å². The standard InChI is InChI=1S/C21H24N2O/c22-20-9-7-19(8-10-20)21(24)11-6-17-12-14-23(15-13-17)16-18-4-2-1-3-5-18/h1-11,17H,12-16,22H2. The Hall–Kier alpha value is -2.39. The second-order valence-corrected chi connectivity index (χ2v) is 6.44. The largest absolute Gasteiger partial charge is 0.399 e. The lowest BCUT2D eigenvalue weighted by molar-refractivity contribution is 0.104. The molecule has 24 heavy (non-hydrogen) atoms. The van der Waals surface area contributed by atoms with Crippen molar-refractivity contribution in [3.63, 3.8) is 0 Å². The number of rotatable bonds is 5. The number of nitrogen functional groups attached to an aromatic ring is 1. The van der Waals surface area contributed by atoms with Crippen LogP contribution in [0.4, 0.5) is 5.69 Å². The van der Waals surface area contributed by atoms with E-state index in [-0.39, 0.29) is 5.78 Å². The van der Waals surface area contributed by atoms with Crippen LogP contribution in [0.2, 0.25) is 0 Å². The van der Waals surface area contributed by atoms with Gasteiger partial charge in [-0.2, -0.15) is 0 Å². The van der Waals surface area contributed by atoms with Gasteiger partial charge in [-0.05, 0) is 67.8 Å². The van der Waals surface area contributed by atoms with Gasteiger partial charge in [0.1, 0.15) is 0 Å². The molecule has 1 aliphatic rings. The molecule has 1 saturated heterocycles. The topological polar surface area (TPSA) is 46.3 Å². The summed E-state index contributed by atoms with van der Waals surface area (Å²) in [5, 5.41) is 0. The second-order valence-electron chi connectivity index (χ2n) is 6.44. The number of hydrogen-bond acceptors (Lipinski definition) is 3. The van der Waals surface area contributed by atoms with Gasteiger partial charge in [-0.15, -0.1) is 0 Å². The molecular formula is C21H24N2O. The Balaban J connectivity index is 1.48. The Morgan fingerprint density at radius 1 is 1.04 bits per heavy atom. The fraction of sp³-hybridized carbons (Fsp3) is 0.286. The summed E-state index contributed by atoms with van der Waals surface area (Å²) in [6, 6.07) is 17.7. The van der Waals surface area contributed by atoms with E-state index in [0.29, 0.717) is 17.2 Å². The number of benzene rings is 2. The Labute approximate surface area is 143 Å². The fourth-order valence-electron chi connectivity index (χ4n) is 3.11. The number of piperidine rings is 1. The number of nitrogens with two attached hydrogens (primary N) is 1. The van der Waals surface area contributed by atoms with Crippen LogP contribution in [-0.2, 0) is 6.54 Å². The van der Waals surface area contributed by atoms with Crippen LogP contribution in [-0.4, -0.2) is 23.8 Å². The molecule has 0 aliphatic carbocycles. The molecule has 1 fully saturated rings. The van der Waals surface area contributed by atoms with Crippen molar-refractivity contribution in [3.05, 3.63) is 77.9 Å². The number of ketones is 1. The summed E-state index contributed by atoms with van der Waals surface area (Å²) in [6.07, 6.45) is 6.03. The van der Waals surface area contributed by atoms with Crippen LogP contribution in [0.1, 0.15) is 28.8 Å². The molecule has 1 heterocycles. The minimum atomic E-state index is 0.0571. The normalized spacial score (nSPS) is 16.5. The number of hydrogen-bond donors (Lipinski definition) is 1. The predicted octanol–water partition coefficient (Wildman–Crippen LogP) is 3.92. The smallest absolute Gasteiger partial charge is 0.185 e. The van der Waals surface area contributed by atoms with Gasteiger partial charge in [0.25, 0.3) is 0 Å². The van der Waals surface area contributed by atoms with Crippen LogP contribution < -0.4 is 5.73 Å². The van der Waals surface area contributed by atoms with Crippen LogP contribution in [0.3, 0.4) is 0 Å². The maximum Gasteiger partial charge on any atom is 0.185 e. The molecular weight excluding hydrogens is 296 g/mol. The van der Waals surface area contributed by atoms with E-state index in [1.807, 2.05) is 0 Å². The molecule has 0 saturated carbocycles. The average molecular weight is 320 g/mol. The third-order valence-corrected chi connectivity index (χ3v) is 4.60. The predicted molar refractivity (Wildman–Crippen MR) is 98.8 cm³/mol. The lowest BCUT2D eigenvalue weighted by Gasteiger charge is -2.30. The third kappa shape index (κ3) is 4.56. The molecule has 0 unspecified atom stereocenters. The number of likely N-dealkylation sites (tertiary alicyclic amines) is 1. The molecule has 124 valence electrons. The van der Waals surface area contributed by atoms with E-state index in [4.69, 9.17) is 5.73 Å². The van der Waals surface area contributed by atoms with Gasteiger partial charge in [0.2, 0.25) is 0 Å². The monoisotopic (exact) mass is 320 g/mol. The number of allylic oxidation sites excluding steroid dienone is 2. The first-order valence-corrected chi connectivity index (χ1v) is 8.55. The molecule has 0 radical (unpaired) electrons. The van der Waals surface area contributed by atoms with Crippen LogP contribution >= 0.6 is 0 Å². The number of anilines is 1. The highest BCUT2D eigenvalue weighted by Crippen LogP contribution is 2.20. The lowest BCUT2D eigenvalue weighted by atomic mass is 9.95. The summed E-state index contributed by atoms with van der Waals surface area (Å²) in [5.74, 6) is 0.552. The third-order valence-electron chi connectivity index (χ3n) is 4.60. The molecule has 0 aromatic heterocycles. The number of carbonyl (C=O) groups is 1. The molecule has 3 rings (SSSR count). The zero-order valence-electron chi connectivity index (χ0n) is 13.9. The van der Waals surface area contributed by atoms with Crippen molar-refractivity contribution in [2.45, 2.75) is 19.4 Å². The first kappa shape index (κ1) is 16.5. The van der Waals surface area contributed by atoms with Crippen molar-refractivity contribution >= 4 is 11.5 Å². The van der Waals surface area contributed by atoms with E-state index in [1.165, 1.54) is 5.56 Å². The Morgan fingerprint density at radius 3 is 2.38 bits per heavy atom. The van der Waals surface area contributed by atoms with Gasteiger partial charge in [-0.25, -0.2) is 0 Å². The van der Waals surface area contributed by atoms with Crippen molar-refractivity contribution in [2.75, 3.05) is 18.8 Å². The van der Waals surface area contributed by atoms with Crippen molar-refractivity contribution in [3.8, 4) is 0 Å². The van der Waals surface area contributed by atoms with Gasteiger partial charge in [-0.1, -0.05) is 36.4 Å². The Bertz CT molecular complexity index is 684. The minimum absolute atomic E-state index is 0.0571. The average Bonchev–Trinajstić information content (AvgIpc) is 2.62. The van der Waals surface area contributed by atoms with Gasteiger partial charge in [0.05, 0.1) is 0 Å². The molecule has 2 aromatic rings. The molecule has 0 amide bonds. The highest BCUT2D eigenvalue weighted by Gasteiger charge is 2.17. The zero-order valence-corrected chi connectivity index (χ0v) is 13.9. The molecule has 0 spiro atoms. The number of carbonyl (C=O) groups excluding carboxylic acids is 1. The first-order chi connectivity index (χ1) is 11.7. The fourth-order valence-corrected chi connectivity index (χ4v) is 3.11. The molecule has 2 N–H and O–H groups in total. The van der Waals surface area contributed by atoms with Gasteiger partial charge in [-0.3, -0.25) is 9.69 Å². The van der Waals surface area contributed by atoms with Gasteiger partial charge in [0, 0.05) is 17.8 Å². The SMILES string of the molecule is Nc1ccc(C(=O)C=CC2CCN(Cc3ccccc3)CC2)cc1. The second kappa shape index (κ2) is 7.93. The summed E-state index contributed by atoms with van der Waals surface area (Å²) < 4.78 is 0. The molecule has 0 atom stereocenters. The van der Waals surface area contributed by atoms with Crippen molar-refractivity contribution in [1.29, 1.82) is 0 Å². The molecule has 3 heteroatoms. The van der Waals surface area contributed by atoms with Crippen molar-refractivity contribution in [1.82, 2.24) is 4.90 Å². The summed E-state index contributed by atoms with van der Waals surface area (Å²) >= 11 is 0. The van der Waals surface area contributed by atoms with E-state index in [1.54, 1.807) is 30.3 Å². The van der Waals surface area contributed by atoms with Crippen LogP contribution in [0.5, 0.6) is 0 Å². The maximum atomic E-state index is 12.2. The highest BCUT2D eigenvalue weighted by molar-refractivity contribution is 6.04. The van der Waals surface area contributed by atoms with E-state index < -0.39 is 0 Å². The van der Waals surface area contributed by atoms with Crippen molar-refractivity contribution in [2.24, 2.45) is 5.92 Å². The van der Waals surface area contributed by atoms with Gasteiger partial charge < -0.3 is 5.73 Å². The highest BCUT2D eigenvalue weighted by atomic mass is 16.1. The molecule has 2 aromatic carbocycles. The summed E-state index contributed by atoms with van der Waals surface area (Å²) in [5.41, 5.74) is 8.40. The van der Waals surface area contributed by atoms with Crippen molar-refractivity contribution < 1.29 is 4.79 Å². The Kier molecular flexibility index (Phi) is 5.44. The van der Waals surface area contributed by atoms with Crippen LogP contribution in [0.25, 0.3) is 0 Å². The maximum absolute atomic E-state index is 12.2. The van der Waals surface area contributed by atoms with E-state index in [9.17, 15) is 4.79 Å². The lowest BCUT2D eigenvalue weighted by Crippen LogP contribution is -2.32. The quantitative estimate of drug-likeness (QED) is 0.516. The van der Waals surface area contributed by atoms with Crippen LogP contribution in [0.15, 0.2) is 66.7 Å².